The molecule has 1 aliphatic rings. The lowest BCUT2D eigenvalue weighted by Crippen LogP contribution is -2.42. The van der Waals surface area contributed by atoms with Crippen LogP contribution >= 0.6 is 0 Å². The minimum atomic E-state index is -0.779. The standard InChI is InChI=1S/C13H17N3O3/c17-12(18)9-3-1-4-10(7-9)15-13(19)16-11-5-2-6-14-8-11/h2,5-6,8-10H,1,3-4,7H2,(H,17,18)(H2,15,16,19). The first kappa shape index (κ1) is 13.3. The van der Waals surface area contributed by atoms with E-state index < -0.39 is 5.97 Å². The van der Waals surface area contributed by atoms with Crippen molar-refractivity contribution in [2.45, 2.75) is 31.7 Å². The minimum Gasteiger partial charge on any atom is -0.481 e. The van der Waals surface area contributed by atoms with Crippen LogP contribution in [0.4, 0.5) is 10.5 Å². The molecule has 102 valence electrons. The van der Waals surface area contributed by atoms with E-state index in [2.05, 4.69) is 15.6 Å². The molecule has 19 heavy (non-hydrogen) atoms. The van der Waals surface area contributed by atoms with E-state index in [0.717, 1.165) is 12.8 Å². The molecule has 0 radical (unpaired) electrons. The molecule has 2 unspecified atom stereocenters. The first-order valence-corrected chi connectivity index (χ1v) is 6.35. The summed E-state index contributed by atoms with van der Waals surface area (Å²) in [6.07, 6.45) is 6.02. The van der Waals surface area contributed by atoms with Crippen molar-refractivity contribution in [3.8, 4) is 0 Å². The first-order chi connectivity index (χ1) is 9.15. The van der Waals surface area contributed by atoms with Gasteiger partial charge in [-0.25, -0.2) is 4.79 Å². The van der Waals surface area contributed by atoms with Crippen LogP contribution in [0.1, 0.15) is 25.7 Å². The molecule has 0 aromatic carbocycles. The number of carbonyl (C=O) groups excluding carboxylic acids is 1. The van der Waals surface area contributed by atoms with Gasteiger partial charge < -0.3 is 15.7 Å². The van der Waals surface area contributed by atoms with Gasteiger partial charge in [0, 0.05) is 12.2 Å². The summed E-state index contributed by atoms with van der Waals surface area (Å²) in [5, 5.41) is 14.5. The third kappa shape index (κ3) is 3.94. The molecular formula is C13H17N3O3. The SMILES string of the molecule is O=C(Nc1cccnc1)NC1CCCC(C(=O)O)C1. The monoisotopic (exact) mass is 263 g/mol. The number of urea groups is 1. The van der Waals surface area contributed by atoms with Gasteiger partial charge in [0.1, 0.15) is 0 Å². The van der Waals surface area contributed by atoms with Crippen LogP contribution in [0.2, 0.25) is 0 Å². The lowest BCUT2D eigenvalue weighted by atomic mass is 9.86. The van der Waals surface area contributed by atoms with Gasteiger partial charge in [0.15, 0.2) is 0 Å². The summed E-state index contributed by atoms with van der Waals surface area (Å²) in [5.74, 6) is -1.13. The Morgan fingerprint density at radius 3 is 2.89 bits per heavy atom. The Kier molecular flexibility index (Phi) is 4.33. The molecule has 1 saturated carbocycles. The van der Waals surface area contributed by atoms with Gasteiger partial charge in [0.2, 0.25) is 0 Å². The lowest BCUT2D eigenvalue weighted by molar-refractivity contribution is -0.143. The molecule has 3 N–H and O–H groups in total. The summed E-state index contributed by atoms with van der Waals surface area (Å²) in [6, 6.07) is 3.08. The van der Waals surface area contributed by atoms with Crippen molar-refractivity contribution in [1.29, 1.82) is 0 Å². The largest absolute Gasteiger partial charge is 0.481 e. The molecule has 2 rings (SSSR count). The van der Waals surface area contributed by atoms with Crippen molar-refractivity contribution in [2.24, 2.45) is 5.92 Å². The third-order valence-electron chi connectivity index (χ3n) is 3.28. The number of pyridine rings is 1. The van der Waals surface area contributed by atoms with E-state index in [-0.39, 0.29) is 18.0 Å². The zero-order valence-electron chi connectivity index (χ0n) is 10.5. The fraction of sp³-hybridized carbons (Fsp3) is 0.462. The zero-order valence-corrected chi connectivity index (χ0v) is 10.5. The van der Waals surface area contributed by atoms with Gasteiger partial charge in [-0.05, 0) is 31.4 Å². The van der Waals surface area contributed by atoms with Crippen molar-refractivity contribution in [1.82, 2.24) is 10.3 Å². The van der Waals surface area contributed by atoms with Crippen molar-refractivity contribution >= 4 is 17.7 Å². The van der Waals surface area contributed by atoms with Crippen LogP contribution < -0.4 is 10.6 Å². The van der Waals surface area contributed by atoms with Crippen LogP contribution in [0.3, 0.4) is 0 Å². The predicted molar refractivity (Wildman–Crippen MR) is 69.8 cm³/mol. The van der Waals surface area contributed by atoms with Gasteiger partial charge in [0.05, 0.1) is 17.8 Å². The average Bonchev–Trinajstić information content (AvgIpc) is 2.40. The molecule has 1 fully saturated rings. The van der Waals surface area contributed by atoms with Gasteiger partial charge in [0.25, 0.3) is 0 Å². The molecule has 1 aromatic heterocycles. The van der Waals surface area contributed by atoms with Crippen molar-refractivity contribution in [2.75, 3.05) is 5.32 Å². The van der Waals surface area contributed by atoms with Gasteiger partial charge in [-0.1, -0.05) is 6.42 Å². The molecule has 0 aliphatic heterocycles. The molecule has 0 saturated heterocycles. The summed E-state index contributed by atoms with van der Waals surface area (Å²) in [7, 11) is 0. The number of carbonyl (C=O) groups is 2. The maximum absolute atomic E-state index is 11.8. The number of hydrogen-bond acceptors (Lipinski definition) is 3. The molecule has 2 amide bonds. The maximum atomic E-state index is 11.8. The van der Waals surface area contributed by atoms with Gasteiger partial charge >= 0.3 is 12.0 Å². The normalized spacial score (nSPS) is 22.5. The number of nitrogens with one attached hydrogen (secondary N) is 2. The highest BCUT2D eigenvalue weighted by Crippen LogP contribution is 2.24. The summed E-state index contributed by atoms with van der Waals surface area (Å²) in [6.45, 7) is 0. The number of nitrogens with zero attached hydrogens (tertiary/aromatic N) is 1. The Hall–Kier alpha value is -2.11. The number of aromatic nitrogens is 1. The smallest absolute Gasteiger partial charge is 0.319 e. The number of amides is 2. The molecular weight excluding hydrogens is 246 g/mol. The second-order valence-corrected chi connectivity index (χ2v) is 4.74. The molecule has 2 atom stereocenters. The highest BCUT2D eigenvalue weighted by Gasteiger charge is 2.27. The van der Waals surface area contributed by atoms with Gasteiger partial charge in [-0.2, -0.15) is 0 Å². The van der Waals surface area contributed by atoms with Crippen molar-refractivity contribution in [3.05, 3.63) is 24.5 Å². The van der Waals surface area contributed by atoms with Crippen LogP contribution in [-0.4, -0.2) is 28.1 Å². The number of hydrogen-bond donors (Lipinski definition) is 3. The molecule has 6 heteroatoms. The van der Waals surface area contributed by atoms with E-state index in [1.54, 1.807) is 24.5 Å². The Labute approximate surface area is 111 Å². The Bertz CT molecular complexity index is 450. The number of carboxylic acids is 1. The first-order valence-electron chi connectivity index (χ1n) is 6.35. The fourth-order valence-corrected chi connectivity index (χ4v) is 2.33. The lowest BCUT2D eigenvalue weighted by Gasteiger charge is -2.27. The topological polar surface area (TPSA) is 91.3 Å². The van der Waals surface area contributed by atoms with Gasteiger partial charge in [-0.3, -0.25) is 9.78 Å². The van der Waals surface area contributed by atoms with E-state index in [0.29, 0.717) is 18.5 Å². The highest BCUT2D eigenvalue weighted by molar-refractivity contribution is 5.89. The summed E-state index contributed by atoms with van der Waals surface area (Å²) in [5.41, 5.74) is 0.616. The third-order valence-corrected chi connectivity index (χ3v) is 3.28. The second-order valence-electron chi connectivity index (χ2n) is 4.74. The van der Waals surface area contributed by atoms with Crippen LogP contribution in [0.15, 0.2) is 24.5 Å². The second kappa shape index (κ2) is 6.17. The zero-order chi connectivity index (χ0) is 13.7. The summed E-state index contributed by atoms with van der Waals surface area (Å²) < 4.78 is 0. The quantitative estimate of drug-likeness (QED) is 0.776. The number of aliphatic carboxylic acids is 1. The highest BCUT2D eigenvalue weighted by atomic mass is 16.4. The van der Waals surface area contributed by atoms with E-state index in [9.17, 15) is 9.59 Å². The summed E-state index contributed by atoms with van der Waals surface area (Å²) in [4.78, 5) is 26.6. The van der Waals surface area contributed by atoms with Crippen LogP contribution in [-0.2, 0) is 4.79 Å². The number of carboxylic acid groups (broad SMARTS) is 1. The summed E-state index contributed by atoms with van der Waals surface area (Å²) >= 11 is 0. The van der Waals surface area contributed by atoms with E-state index in [1.165, 1.54) is 0 Å². The molecule has 0 bridgehead atoms. The van der Waals surface area contributed by atoms with Crippen LogP contribution in [0.25, 0.3) is 0 Å². The van der Waals surface area contributed by atoms with Crippen LogP contribution in [0.5, 0.6) is 0 Å². The van der Waals surface area contributed by atoms with Gasteiger partial charge in [-0.15, -0.1) is 0 Å². The fourth-order valence-electron chi connectivity index (χ4n) is 2.33. The molecule has 6 nitrogen and oxygen atoms in total. The van der Waals surface area contributed by atoms with Crippen LogP contribution in [0, 0.1) is 5.92 Å². The Balaban J connectivity index is 1.83. The predicted octanol–water partition coefficient (Wildman–Crippen LogP) is 1.85. The van der Waals surface area contributed by atoms with Crippen molar-refractivity contribution < 1.29 is 14.7 Å². The van der Waals surface area contributed by atoms with Crippen molar-refractivity contribution in [3.63, 3.8) is 0 Å². The molecule has 1 aliphatic carbocycles. The number of rotatable bonds is 3. The van der Waals surface area contributed by atoms with E-state index in [1.807, 2.05) is 0 Å². The Morgan fingerprint density at radius 1 is 1.37 bits per heavy atom. The maximum Gasteiger partial charge on any atom is 0.319 e. The average molecular weight is 263 g/mol. The molecule has 1 aromatic rings. The minimum absolute atomic E-state index is 0.0773. The van der Waals surface area contributed by atoms with E-state index >= 15 is 0 Å². The molecule has 0 spiro atoms. The number of anilines is 1. The van der Waals surface area contributed by atoms with E-state index in [4.69, 9.17) is 5.11 Å². The molecule has 1 heterocycles. The Morgan fingerprint density at radius 2 is 2.21 bits per heavy atom.